The molecule has 0 aromatic rings. The molecule has 1 aliphatic heterocycles. The van der Waals surface area contributed by atoms with Gasteiger partial charge in [-0.3, -0.25) is 4.79 Å². The zero-order chi connectivity index (χ0) is 29.0. The van der Waals surface area contributed by atoms with Crippen molar-refractivity contribution >= 4 is 5.97 Å². The summed E-state index contributed by atoms with van der Waals surface area (Å²) in [6, 6.07) is 0. The first-order chi connectivity index (χ1) is 18.6. The lowest BCUT2D eigenvalue weighted by Gasteiger charge is -2.21. The van der Waals surface area contributed by atoms with Crippen LogP contribution in [0.5, 0.6) is 0 Å². The third-order valence-electron chi connectivity index (χ3n) is 6.19. The van der Waals surface area contributed by atoms with Crippen molar-refractivity contribution in [3.05, 3.63) is 97.2 Å². The van der Waals surface area contributed by atoms with E-state index in [4.69, 9.17) is 4.74 Å². The van der Waals surface area contributed by atoms with Crippen LogP contribution in [0.2, 0.25) is 0 Å². The summed E-state index contributed by atoms with van der Waals surface area (Å²) in [6.07, 6.45) is 21.4. The van der Waals surface area contributed by atoms with Gasteiger partial charge in [-0.25, -0.2) is 0 Å². The van der Waals surface area contributed by atoms with Crippen LogP contribution >= 0.6 is 0 Å². The average molecular weight is 541 g/mol. The smallest absolute Gasteiger partial charge is 0.309 e. The molecule has 6 nitrogen and oxygen atoms in total. The molecule has 6 unspecified atom stereocenters. The van der Waals surface area contributed by atoms with Gasteiger partial charge in [0.1, 0.15) is 6.10 Å². The number of cyclic esters (lactones) is 1. The van der Waals surface area contributed by atoms with Crippen LogP contribution in [-0.2, 0) is 9.53 Å². The molecule has 0 radical (unpaired) electrons. The minimum absolute atomic E-state index is 0.00587. The van der Waals surface area contributed by atoms with Crippen LogP contribution in [0.4, 0.5) is 0 Å². The number of hydrogen-bond acceptors (Lipinski definition) is 6. The number of carbonyl (C=O) groups is 1. The third kappa shape index (κ3) is 17.4. The van der Waals surface area contributed by atoms with Gasteiger partial charge in [-0.1, -0.05) is 91.5 Å². The average Bonchev–Trinajstić information content (AvgIpc) is 2.86. The molecule has 1 aliphatic rings. The molecule has 1 rings (SSSR count). The summed E-state index contributed by atoms with van der Waals surface area (Å²) in [7, 11) is 0. The van der Waals surface area contributed by atoms with Gasteiger partial charge in [-0.2, -0.15) is 0 Å². The van der Waals surface area contributed by atoms with E-state index >= 15 is 0 Å². The van der Waals surface area contributed by atoms with Crippen molar-refractivity contribution in [1.29, 1.82) is 0 Å². The lowest BCUT2D eigenvalue weighted by molar-refractivity contribution is -0.150. The molecule has 0 saturated carbocycles. The Morgan fingerprint density at radius 1 is 1.05 bits per heavy atom. The predicted molar refractivity (Wildman–Crippen MR) is 159 cm³/mol. The predicted octanol–water partition coefficient (Wildman–Crippen LogP) is 5.58. The molecule has 0 saturated heterocycles. The van der Waals surface area contributed by atoms with E-state index in [-0.39, 0.29) is 18.8 Å². The van der Waals surface area contributed by atoms with Crippen molar-refractivity contribution in [2.24, 2.45) is 5.92 Å². The van der Waals surface area contributed by atoms with Gasteiger partial charge >= 0.3 is 5.97 Å². The van der Waals surface area contributed by atoms with Gasteiger partial charge in [-0.15, -0.1) is 6.58 Å². The van der Waals surface area contributed by atoms with E-state index in [1.807, 2.05) is 62.5 Å². The molecule has 1 heterocycles. The number of aliphatic hydroxyl groups excluding tert-OH is 4. The molecule has 0 amide bonds. The Kier molecular flexibility index (Phi) is 17.7. The van der Waals surface area contributed by atoms with Crippen molar-refractivity contribution in [2.75, 3.05) is 0 Å². The van der Waals surface area contributed by atoms with E-state index in [0.29, 0.717) is 32.1 Å². The zero-order valence-corrected chi connectivity index (χ0v) is 23.6. The molecule has 39 heavy (non-hydrogen) atoms. The van der Waals surface area contributed by atoms with Gasteiger partial charge in [0.25, 0.3) is 0 Å². The van der Waals surface area contributed by atoms with Crippen LogP contribution in [0.1, 0.15) is 65.2 Å². The molecular formula is C33H48O6. The van der Waals surface area contributed by atoms with Gasteiger partial charge < -0.3 is 25.2 Å². The quantitative estimate of drug-likeness (QED) is 0.206. The number of ether oxygens (including phenoxy) is 1. The summed E-state index contributed by atoms with van der Waals surface area (Å²) in [4.78, 5) is 12.7. The molecule has 0 fully saturated rings. The lowest BCUT2D eigenvalue weighted by atomic mass is 10.0. The first-order valence-electron chi connectivity index (χ1n) is 13.8. The van der Waals surface area contributed by atoms with E-state index < -0.39 is 36.5 Å². The van der Waals surface area contributed by atoms with Crippen LogP contribution in [0.3, 0.4) is 0 Å². The molecule has 0 aromatic carbocycles. The number of esters is 1. The summed E-state index contributed by atoms with van der Waals surface area (Å²) >= 11 is 0. The van der Waals surface area contributed by atoms with Crippen LogP contribution in [0.15, 0.2) is 97.2 Å². The summed E-state index contributed by atoms with van der Waals surface area (Å²) < 4.78 is 5.71. The zero-order valence-electron chi connectivity index (χ0n) is 23.6. The van der Waals surface area contributed by atoms with E-state index in [1.165, 1.54) is 0 Å². The summed E-state index contributed by atoms with van der Waals surface area (Å²) in [5, 5.41) is 41.2. The van der Waals surface area contributed by atoms with Crippen molar-refractivity contribution < 1.29 is 30.0 Å². The number of allylic oxidation sites excluding steroid dienone is 8. The van der Waals surface area contributed by atoms with Gasteiger partial charge in [0, 0.05) is 12.3 Å². The maximum atomic E-state index is 12.7. The number of rotatable bonds is 5. The van der Waals surface area contributed by atoms with E-state index in [1.54, 1.807) is 24.3 Å². The first kappa shape index (κ1) is 34.3. The highest BCUT2D eigenvalue weighted by atomic mass is 16.5. The number of aliphatic hydroxyl groups is 4. The molecule has 0 spiro atoms. The Morgan fingerprint density at radius 3 is 2.56 bits per heavy atom. The highest BCUT2D eigenvalue weighted by Gasteiger charge is 2.21. The second-order valence-corrected chi connectivity index (χ2v) is 10.2. The minimum atomic E-state index is -1.07. The van der Waals surface area contributed by atoms with Crippen molar-refractivity contribution in [2.45, 2.75) is 95.7 Å². The van der Waals surface area contributed by atoms with E-state index in [0.717, 1.165) is 17.6 Å². The van der Waals surface area contributed by atoms with Crippen LogP contribution in [0.25, 0.3) is 0 Å². The Labute approximate surface area is 234 Å². The fraction of sp³-hybridized carbons (Fsp3) is 0.485. The van der Waals surface area contributed by atoms with Crippen LogP contribution in [0, 0.1) is 5.92 Å². The lowest BCUT2D eigenvalue weighted by Crippen LogP contribution is -2.26. The molecule has 0 bridgehead atoms. The second-order valence-electron chi connectivity index (χ2n) is 10.2. The molecular weight excluding hydrogens is 492 g/mol. The Hall–Kier alpha value is -2.77. The van der Waals surface area contributed by atoms with Crippen molar-refractivity contribution in [3.63, 3.8) is 0 Å². The molecule has 4 N–H and O–H groups in total. The molecule has 0 aromatic heterocycles. The van der Waals surface area contributed by atoms with Crippen LogP contribution in [-0.4, -0.2) is 56.9 Å². The third-order valence-corrected chi connectivity index (χ3v) is 6.19. The molecule has 6 atom stereocenters. The Morgan fingerprint density at radius 2 is 1.82 bits per heavy atom. The highest BCUT2D eigenvalue weighted by molar-refractivity contribution is 5.70. The van der Waals surface area contributed by atoms with Crippen molar-refractivity contribution in [3.8, 4) is 0 Å². The largest absolute Gasteiger partial charge is 0.457 e. The SMILES string of the molecule is C=CCC=CC=C(C)C=CC1OC(=O)CC(O)CC(O)C=CCC(=C)CC(O)CCC=CCC(O)C=CC1C. The fourth-order valence-corrected chi connectivity index (χ4v) is 3.90. The summed E-state index contributed by atoms with van der Waals surface area (Å²) in [6.45, 7) is 11.5. The maximum Gasteiger partial charge on any atom is 0.309 e. The summed E-state index contributed by atoms with van der Waals surface area (Å²) in [5.41, 5.74) is 1.81. The minimum Gasteiger partial charge on any atom is -0.457 e. The van der Waals surface area contributed by atoms with Crippen LogP contribution < -0.4 is 0 Å². The topological polar surface area (TPSA) is 107 Å². The second kappa shape index (κ2) is 20.2. The van der Waals surface area contributed by atoms with Gasteiger partial charge in [-0.05, 0) is 51.5 Å². The molecule has 0 aliphatic carbocycles. The van der Waals surface area contributed by atoms with Crippen molar-refractivity contribution in [1.82, 2.24) is 0 Å². The van der Waals surface area contributed by atoms with Gasteiger partial charge in [0.2, 0.25) is 0 Å². The highest BCUT2D eigenvalue weighted by Crippen LogP contribution is 2.17. The number of carbonyl (C=O) groups excluding carboxylic acids is 1. The van der Waals surface area contributed by atoms with E-state index in [2.05, 4.69) is 13.2 Å². The van der Waals surface area contributed by atoms with E-state index in [9.17, 15) is 25.2 Å². The normalized spacial score (nSPS) is 29.7. The molecule has 6 heteroatoms. The fourth-order valence-electron chi connectivity index (χ4n) is 3.90. The summed E-state index contributed by atoms with van der Waals surface area (Å²) in [5.74, 6) is -0.811. The number of hydrogen-bond donors (Lipinski definition) is 4. The standard InChI is InChI=1S/C33H48O6/c1-5-6-7-9-13-25(2)18-21-32-27(4)19-20-28(34)15-10-8-11-16-29(35)22-26(3)14-12-17-30(36)23-31(37)24-33(38)39-32/h5,7-10,12-13,17-21,27-32,34-37H,1,3,6,11,14-16,22-24H2,2,4H3. The monoisotopic (exact) mass is 540 g/mol. The molecule has 216 valence electrons. The maximum absolute atomic E-state index is 12.7. The first-order valence-corrected chi connectivity index (χ1v) is 13.8. The van der Waals surface area contributed by atoms with Gasteiger partial charge in [0.05, 0.1) is 30.8 Å². The van der Waals surface area contributed by atoms with Gasteiger partial charge in [0.15, 0.2) is 0 Å². The Bertz CT molecular complexity index is 922. The Balaban J connectivity index is 3.05.